The third kappa shape index (κ3) is 3.02. The van der Waals surface area contributed by atoms with Crippen LogP contribution in [-0.2, 0) is 11.3 Å². The number of hydrogen-bond donors (Lipinski definition) is 2. The van der Waals surface area contributed by atoms with Crippen LogP contribution in [0.25, 0.3) is 0 Å². The number of aromatic hydroxyl groups is 1. The molecule has 0 aromatic carbocycles. The number of fused-ring (bicyclic) bond motifs is 1. The van der Waals surface area contributed by atoms with E-state index in [4.69, 9.17) is 9.15 Å². The minimum Gasteiger partial charge on any atom is -0.505 e. The Labute approximate surface area is 168 Å². The zero-order valence-corrected chi connectivity index (χ0v) is 16.3. The molecule has 2 aromatic rings. The van der Waals surface area contributed by atoms with Crippen molar-refractivity contribution in [2.24, 2.45) is 11.8 Å². The van der Waals surface area contributed by atoms with Gasteiger partial charge in [-0.1, -0.05) is 0 Å². The largest absolute Gasteiger partial charge is 0.505 e. The molecule has 8 heteroatoms. The number of aryl methyl sites for hydroxylation is 1. The van der Waals surface area contributed by atoms with Gasteiger partial charge in [-0.3, -0.25) is 9.69 Å². The second kappa shape index (κ2) is 6.83. The molecule has 3 aliphatic rings. The van der Waals surface area contributed by atoms with Crippen LogP contribution < -0.4 is 0 Å². The number of amides is 1. The molecular formula is C21H25N3O5. The lowest BCUT2D eigenvalue weighted by Gasteiger charge is -2.40. The summed E-state index contributed by atoms with van der Waals surface area (Å²) >= 11 is 0. The van der Waals surface area contributed by atoms with Crippen molar-refractivity contribution in [2.75, 3.05) is 32.8 Å². The molecule has 0 aliphatic carbocycles. The standard InChI is InChI=1S/C21H25N3O5/c1-13-4-5-14(28-13)7-23-9-18-15(10-25)16-8-24(12-21(16,11-23)29-18)20(27)19-17(26)3-2-6-22-19/h2-6,15-16,18,25-26H,7-12H2,1H3/t15-,16+,18+,21+/m0/s1. The van der Waals surface area contributed by atoms with E-state index in [2.05, 4.69) is 9.88 Å². The summed E-state index contributed by atoms with van der Waals surface area (Å²) in [6.07, 6.45) is 1.44. The van der Waals surface area contributed by atoms with E-state index in [1.54, 1.807) is 11.0 Å². The summed E-state index contributed by atoms with van der Waals surface area (Å²) in [5.74, 6) is 1.39. The molecule has 3 fully saturated rings. The van der Waals surface area contributed by atoms with Crippen LogP contribution in [0.3, 0.4) is 0 Å². The summed E-state index contributed by atoms with van der Waals surface area (Å²) in [6.45, 7) is 4.95. The molecule has 2 bridgehead atoms. The van der Waals surface area contributed by atoms with E-state index >= 15 is 0 Å². The number of morpholine rings is 1. The summed E-state index contributed by atoms with van der Waals surface area (Å²) in [4.78, 5) is 21.0. The van der Waals surface area contributed by atoms with Crippen LogP contribution in [0.2, 0.25) is 0 Å². The Kier molecular flexibility index (Phi) is 4.38. The molecule has 2 aromatic heterocycles. The molecule has 4 atom stereocenters. The highest BCUT2D eigenvalue weighted by Gasteiger charge is 2.63. The molecule has 0 radical (unpaired) electrons. The molecule has 1 spiro atoms. The minimum atomic E-state index is -0.516. The van der Waals surface area contributed by atoms with E-state index in [0.717, 1.165) is 18.1 Å². The average Bonchev–Trinajstić information content (AvgIpc) is 3.31. The molecule has 5 rings (SSSR count). The molecule has 0 unspecified atom stereocenters. The second-order valence-electron chi connectivity index (χ2n) is 8.41. The smallest absolute Gasteiger partial charge is 0.276 e. The van der Waals surface area contributed by atoms with Gasteiger partial charge < -0.3 is 24.3 Å². The molecule has 8 nitrogen and oxygen atoms in total. The zero-order valence-electron chi connectivity index (χ0n) is 16.3. The van der Waals surface area contributed by atoms with Crippen molar-refractivity contribution in [3.05, 3.63) is 47.7 Å². The lowest BCUT2D eigenvalue weighted by Crippen LogP contribution is -2.54. The lowest BCUT2D eigenvalue weighted by molar-refractivity contribution is -0.119. The topological polar surface area (TPSA) is 99.3 Å². The van der Waals surface area contributed by atoms with Gasteiger partial charge in [0.2, 0.25) is 0 Å². The van der Waals surface area contributed by atoms with E-state index in [1.807, 2.05) is 19.1 Å². The van der Waals surface area contributed by atoms with Crippen LogP contribution in [0.15, 0.2) is 34.9 Å². The highest BCUT2D eigenvalue weighted by molar-refractivity contribution is 5.95. The first-order valence-electron chi connectivity index (χ1n) is 9.99. The molecule has 0 saturated carbocycles. The number of aromatic nitrogens is 1. The maximum Gasteiger partial charge on any atom is 0.276 e. The summed E-state index contributed by atoms with van der Waals surface area (Å²) < 4.78 is 12.2. The van der Waals surface area contributed by atoms with Gasteiger partial charge in [0.05, 0.1) is 19.2 Å². The van der Waals surface area contributed by atoms with Crippen molar-refractivity contribution >= 4 is 5.91 Å². The lowest BCUT2D eigenvalue weighted by atomic mass is 9.83. The number of pyridine rings is 1. The third-order valence-corrected chi connectivity index (χ3v) is 6.52. The van der Waals surface area contributed by atoms with Crippen molar-refractivity contribution in [1.82, 2.24) is 14.8 Å². The Morgan fingerprint density at radius 2 is 2.17 bits per heavy atom. The maximum atomic E-state index is 13.0. The minimum absolute atomic E-state index is 0.0199. The number of aliphatic hydroxyl groups excluding tert-OH is 1. The first kappa shape index (κ1) is 18.6. The Hall–Kier alpha value is -2.42. The number of likely N-dealkylation sites (tertiary alicyclic amines) is 2. The molecular weight excluding hydrogens is 374 g/mol. The molecule has 1 amide bonds. The number of aliphatic hydroxyl groups is 1. The predicted molar refractivity (Wildman–Crippen MR) is 102 cm³/mol. The average molecular weight is 399 g/mol. The van der Waals surface area contributed by atoms with Gasteiger partial charge in [-0.15, -0.1) is 0 Å². The van der Waals surface area contributed by atoms with Crippen molar-refractivity contribution in [3.8, 4) is 5.75 Å². The van der Waals surface area contributed by atoms with E-state index in [1.165, 1.54) is 12.3 Å². The molecule has 154 valence electrons. The SMILES string of the molecule is Cc1ccc(CN2C[C@H]3O[C@]4(C2)CN(C(=O)c2ncccc2O)C[C@@H]4[C@@H]3CO)o1. The van der Waals surface area contributed by atoms with Gasteiger partial charge in [-0.25, -0.2) is 4.98 Å². The van der Waals surface area contributed by atoms with Crippen LogP contribution in [0, 0.1) is 18.8 Å². The first-order chi connectivity index (χ1) is 14.0. The fourth-order valence-electron chi connectivity index (χ4n) is 5.30. The molecule has 5 heterocycles. The van der Waals surface area contributed by atoms with Gasteiger partial charge in [-0.05, 0) is 31.2 Å². The van der Waals surface area contributed by atoms with Crippen LogP contribution in [0.1, 0.15) is 22.0 Å². The maximum absolute atomic E-state index is 13.0. The van der Waals surface area contributed by atoms with E-state index in [9.17, 15) is 15.0 Å². The normalized spacial score (nSPS) is 31.2. The summed E-state index contributed by atoms with van der Waals surface area (Å²) in [6, 6.07) is 7.00. The number of nitrogens with zero attached hydrogens (tertiary/aromatic N) is 3. The van der Waals surface area contributed by atoms with Crippen molar-refractivity contribution in [1.29, 1.82) is 0 Å². The van der Waals surface area contributed by atoms with E-state index < -0.39 is 5.60 Å². The number of ether oxygens (including phenoxy) is 1. The van der Waals surface area contributed by atoms with Crippen molar-refractivity contribution in [3.63, 3.8) is 0 Å². The fourth-order valence-corrected chi connectivity index (χ4v) is 5.30. The van der Waals surface area contributed by atoms with Crippen molar-refractivity contribution in [2.45, 2.75) is 25.2 Å². The Balaban J connectivity index is 1.38. The summed E-state index contributed by atoms with van der Waals surface area (Å²) in [5.41, 5.74) is -0.461. The quantitative estimate of drug-likeness (QED) is 0.792. The fraction of sp³-hybridized carbons (Fsp3) is 0.524. The molecule has 3 saturated heterocycles. The molecule has 29 heavy (non-hydrogen) atoms. The summed E-state index contributed by atoms with van der Waals surface area (Å²) in [5, 5.41) is 20.1. The number of furan rings is 1. The van der Waals surface area contributed by atoms with Crippen LogP contribution in [0.4, 0.5) is 0 Å². The monoisotopic (exact) mass is 399 g/mol. The predicted octanol–water partition coefficient (Wildman–Crippen LogP) is 1.02. The third-order valence-electron chi connectivity index (χ3n) is 6.52. The second-order valence-corrected chi connectivity index (χ2v) is 8.41. The number of carbonyl (C=O) groups excluding carboxylic acids is 1. The number of hydrogen-bond acceptors (Lipinski definition) is 7. The first-order valence-corrected chi connectivity index (χ1v) is 9.99. The highest BCUT2D eigenvalue weighted by Crippen LogP contribution is 2.49. The molecule has 3 aliphatic heterocycles. The van der Waals surface area contributed by atoms with Crippen LogP contribution in [-0.4, -0.2) is 75.4 Å². The number of rotatable bonds is 4. The van der Waals surface area contributed by atoms with Gasteiger partial charge >= 0.3 is 0 Å². The van der Waals surface area contributed by atoms with E-state index in [0.29, 0.717) is 26.2 Å². The van der Waals surface area contributed by atoms with Crippen LogP contribution in [0.5, 0.6) is 5.75 Å². The Bertz CT molecular complexity index is 931. The van der Waals surface area contributed by atoms with Crippen molar-refractivity contribution < 1.29 is 24.2 Å². The van der Waals surface area contributed by atoms with Gasteiger partial charge in [0, 0.05) is 44.3 Å². The highest BCUT2D eigenvalue weighted by atomic mass is 16.5. The van der Waals surface area contributed by atoms with Gasteiger partial charge in [0.15, 0.2) is 5.69 Å². The summed E-state index contributed by atoms with van der Waals surface area (Å²) in [7, 11) is 0. The van der Waals surface area contributed by atoms with Gasteiger partial charge in [-0.2, -0.15) is 0 Å². The Morgan fingerprint density at radius 3 is 2.90 bits per heavy atom. The van der Waals surface area contributed by atoms with Crippen LogP contribution >= 0.6 is 0 Å². The number of carbonyl (C=O) groups is 1. The van der Waals surface area contributed by atoms with Gasteiger partial charge in [0.25, 0.3) is 5.91 Å². The molecule has 2 N–H and O–H groups in total. The van der Waals surface area contributed by atoms with Gasteiger partial charge in [0.1, 0.15) is 22.9 Å². The zero-order chi connectivity index (χ0) is 20.2. The van der Waals surface area contributed by atoms with E-state index in [-0.39, 0.29) is 41.9 Å². The Morgan fingerprint density at radius 1 is 1.31 bits per heavy atom.